The molecule has 8 N–H and O–H groups in total. The Labute approximate surface area is 203 Å². The molecule has 1 aromatic heterocycles. The summed E-state index contributed by atoms with van der Waals surface area (Å²) in [5.74, 6) is -2.55. The van der Waals surface area contributed by atoms with Gasteiger partial charge in [-0.05, 0) is 56.8 Å². The number of aromatic nitrogens is 1. The monoisotopic (exact) mass is 486 g/mol. The second-order valence-electron chi connectivity index (χ2n) is 8.73. The van der Waals surface area contributed by atoms with Crippen molar-refractivity contribution in [2.75, 3.05) is 19.6 Å². The summed E-state index contributed by atoms with van der Waals surface area (Å²) >= 11 is 0. The summed E-state index contributed by atoms with van der Waals surface area (Å²) in [6, 6.07) is 5.35. The van der Waals surface area contributed by atoms with Crippen molar-refractivity contribution in [2.45, 2.75) is 56.7 Å². The topological polar surface area (TPSA) is 178 Å². The van der Waals surface area contributed by atoms with Crippen LogP contribution in [0.4, 0.5) is 0 Å². The summed E-state index contributed by atoms with van der Waals surface area (Å²) in [4.78, 5) is 52.9. The lowest BCUT2D eigenvalue weighted by Gasteiger charge is -2.24. The van der Waals surface area contributed by atoms with E-state index in [2.05, 4.69) is 26.3 Å². The number of unbranched alkanes of at least 4 members (excludes halogenated alkanes) is 1. The molecule has 3 atom stereocenters. The fourth-order valence-electron chi connectivity index (χ4n) is 4.23. The molecule has 190 valence electrons. The van der Waals surface area contributed by atoms with E-state index in [-0.39, 0.29) is 18.4 Å². The average Bonchev–Trinajstić information content (AvgIpc) is 3.52. The Balaban J connectivity index is 1.75. The third kappa shape index (κ3) is 7.52. The van der Waals surface area contributed by atoms with Crippen molar-refractivity contribution in [3.63, 3.8) is 0 Å². The van der Waals surface area contributed by atoms with E-state index in [1.54, 1.807) is 6.20 Å². The molecule has 11 heteroatoms. The molecule has 2 aromatic rings. The summed E-state index contributed by atoms with van der Waals surface area (Å²) in [5, 5.41) is 20.9. The van der Waals surface area contributed by atoms with Crippen LogP contribution in [0.15, 0.2) is 30.5 Å². The number of benzene rings is 1. The van der Waals surface area contributed by atoms with E-state index in [1.165, 1.54) is 0 Å². The van der Waals surface area contributed by atoms with Gasteiger partial charge in [-0.3, -0.25) is 19.2 Å². The predicted molar refractivity (Wildman–Crippen MR) is 130 cm³/mol. The van der Waals surface area contributed by atoms with E-state index in [0.29, 0.717) is 32.2 Å². The number of amides is 3. The maximum absolute atomic E-state index is 13.3. The van der Waals surface area contributed by atoms with E-state index in [1.807, 2.05) is 24.3 Å². The summed E-state index contributed by atoms with van der Waals surface area (Å²) in [6.07, 6.45) is 5.19. The largest absolute Gasteiger partial charge is 0.480 e. The predicted octanol–water partition coefficient (Wildman–Crippen LogP) is -0.238. The Morgan fingerprint density at radius 3 is 2.60 bits per heavy atom. The molecule has 3 amide bonds. The average molecular weight is 487 g/mol. The molecule has 1 fully saturated rings. The lowest BCUT2D eigenvalue weighted by molar-refractivity contribution is -0.138. The van der Waals surface area contributed by atoms with Crippen LogP contribution in [-0.4, -0.2) is 71.5 Å². The molecule has 1 aliphatic rings. The third-order valence-electron chi connectivity index (χ3n) is 6.10. The molecule has 1 saturated heterocycles. The summed E-state index contributed by atoms with van der Waals surface area (Å²) in [7, 11) is 0. The number of carboxylic acid groups (broad SMARTS) is 1. The quantitative estimate of drug-likeness (QED) is 0.191. The zero-order valence-corrected chi connectivity index (χ0v) is 19.6. The number of para-hydroxylation sites is 1. The van der Waals surface area contributed by atoms with Gasteiger partial charge in [0.15, 0.2) is 0 Å². The molecule has 11 nitrogen and oxygen atoms in total. The van der Waals surface area contributed by atoms with Crippen molar-refractivity contribution in [3.8, 4) is 0 Å². The van der Waals surface area contributed by atoms with E-state index >= 15 is 0 Å². The number of carbonyl (C=O) groups is 4. The van der Waals surface area contributed by atoms with Gasteiger partial charge in [0.1, 0.15) is 18.6 Å². The first kappa shape index (κ1) is 26.2. The molecule has 1 aliphatic heterocycles. The Morgan fingerprint density at radius 1 is 1.09 bits per heavy atom. The molecule has 0 spiro atoms. The molecule has 35 heavy (non-hydrogen) atoms. The van der Waals surface area contributed by atoms with Gasteiger partial charge in [-0.2, -0.15) is 0 Å². The SMILES string of the molecule is NCCCCC(NC(=O)C1CCCN1)C(=O)NC(Cc1c[nH]c2ccccc12)C(=O)NCC(=O)O. The van der Waals surface area contributed by atoms with E-state index in [4.69, 9.17) is 10.8 Å². The summed E-state index contributed by atoms with van der Waals surface area (Å²) in [6.45, 7) is 0.648. The van der Waals surface area contributed by atoms with Crippen molar-refractivity contribution in [1.82, 2.24) is 26.3 Å². The molecule has 1 aromatic carbocycles. The highest BCUT2D eigenvalue weighted by Gasteiger charge is 2.30. The molecule has 3 unspecified atom stereocenters. The summed E-state index contributed by atoms with van der Waals surface area (Å²) in [5.41, 5.74) is 7.27. The second kappa shape index (κ2) is 12.9. The molecule has 0 aliphatic carbocycles. The highest BCUT2D eigenvalue weighted by atomic mass is 16.4. The first-order chi connectivity index (χ1) is 16.9. The standard InChI is InChI=1S/C24H34N6O5/c25-10-4-3-8-19(29-23(34)18-9-5-11-26-18)24(35)30-20(22(33)28-14-21(31)32)12-15-13-27-17-7-2-1-6-16(15)17/h1-2,6-7,13,18-20,26-27H,3-5,8-12,14,25H2,(H,28,33)(H,29,34)(H,30,35)(H,31,32). The Hall–Kier alpha value is -3.44. The zero-order chi connectivity index (χ0) is 25.2. The number of nitrogens with one attached hydrogen (secondary N) is 5. The highest BCUT2D eigenvalue weighted by Crippen LogP contribution is 2.19. The van der Waals surface area contributed by atoms with Gasteiger partial charge >= 0.3 is 5.97 Å². The van der Waals surface area contributed by atoms with Crippen molar-refractivity contribution in [3.05, 3.63) is 36.0 Å². The van der Waals surface area contributed by atoms with Crippen LogP contribution in [0.25, 0.3) is 10.9 Å². The van der Waals surface area contributed by atoms with Crippen molar-refractivity contribution in [2.24, 2.45) is 5.73 Å². The number of aliphatic carboxylic acids is 1. The third-order valence-corrected chi connectivity index (χ3v) is 6.10. The van der Waals surface area contributed by atoms with Crippen LogP contribution in [0.5, 0.6) is 0 Å². The minimum Gasteiger partial charge on any atom is -0.480 e. The lowest BCUT2D eigenvalue weighted by Crippen LogP contribution is -2.56. The van der Waals surface area contributed by atoms with Gasteiger partial charge < -0.3 is 37.1 Å². The van der Waals surface area contributed by atoms with Crippen LogP contribution < -0.4 is 27.0 Å². The van der Waals surface area contributed by atoms with E-state index in [0.717, 1.165) is 29.4 Å². The van der Waals surface area contributed by atoms with E-state index in [9.17, 15) is 19.2 Å². The zero-order valence-electron chi connectivity index (χ0n) is 19.6. The Bertz CT molecular complexity index is 1030. The van der Waals surface area contributed by atoms with Gasteiger partial charge in [-0.15, -0.1) is 0 Å². The fraction of sp³-hybridized carbons (Fsp3) is 0.500. The van der Waals surface area contributed by atoms with Gasteiger partial charge in [-0.1, -0.05) is 18.2 Å². The maximum atomic E-state index is 13.3. The van der Waals surface area contributed by atoms with Gasteiger partial charge in [0.2, 0.25) is 17.7 Å². The molecule has 0 bridgehead atoms. The second-order valence-corrected chi connectivity index (χ2v) is 8.73. The van der Waals surface area contributed by atoms with Crippen LogP contribution in [0.3, 0.4) is 0 Å². The number of carboxylic acids is 1. The molecule has 2 heterocycles. The van der Waals surface area contributed by atoms with Gasteiger partial charge in [0, 0.05) is 23.5 Å². The van der Waals surface area contributed by atoms with Crippen LogP contribution >= 0.6 is 0 Å². The molecular weight excluding hydrogens is 452 g/mol. The Morgan fingerprint density at radius 2 is 1.89 bits per heavy atom. The van der Waals surface area contributed by atoms with Crippen molar-refractivity contribution < 1.29 is 24.3 Å². The van der Waals surface area contributed by atoms with Gasteiger partial charge in [0.25, 0.3) is 0 Å². The molecule has 0 saturated carbocycles. The Kier molecular flexibility index (Phi) is 9.62. The molecular formula is C24H34N6O5. The molecule has 0 radical (unpaired) electrons. The maximum Gasteiger partial charge on any atom is 0.322 e. The van der Waals surface area contributed by atoms with Gasteiger partial charge in [0.05, 0.1) is 6.04 Å². The number of nitrogens with two attached hydrogens (primary N) is 1. The first-order valence-electron chi connectivity index (χ1n) is 12.0. The number of hydrogen-bond acceptors (Lipinski definition) is 6. The first-order valence-corrected chi connectivity index (χ1v) is 12.0. The van der Waals surface area contributed by atoms with Crippen LogP contribution in [0.1, 0.15) is 37.7 Å². The van der Waals surface area contributed by atoms with Crippen LogP contribution in [0.2, 0.25) is 0 Å². The number of rotatable bonds is 13. The van der Waals surface area contributed by atoms with Crippen LogP contribution in [0, 0.1) is 0 Å². The summed E-state index contributed by atoms with van der Waals surface area (Å²) < 4.78 is 0. The smallest absolute Gasteiger partial charge is 0.322 e. The molecule has 3 rings (SSSR count). The highest BCUT2D eigenvalue weighted by molar-refractivity contribution is 5.94. The normalized spacial score (nSPS) is 17.0. The minimum atomic E-state index is -1.19. The number of aromatic amines is 1. The van der Waals surface area contributed by atoms with Crippen LogP contribution in [-0.2, 0) is 25.6 Å². The van der Waals surface area contributed by atoms with E-state index < -0.39 is 36.4 Å². The number of hydrogen-bond donors (Lipinski definition) is 7. The van der Waals surface area contributed by atoms with Crippen molar-refractivity contribution in [1.29, 1.82) is 0 Å². The van der Waals surface area contributed by atoms with Gasteiger partial charge in [-0.25, -0.2) is 0 Å². The lowest BCUT2D eigenvalue weighted by atomic mass is 10.0. The van der Waals surface area contributed by atoms with Crippen molar-refractivity contribution >= 4 is 34.6 Å². The number of fused-ring (bicyclic) bond motifs is 1. The fourth-order valence-corrected chi connectivity index (χ4v) is 4.23. The minimum absolute atomic E-state index is 0.148. The number of H-pyrrole nitrogens is 1. The number of carbonyl (C=O) groups excluding carboxylic acids is 3.